The lowest BCUT2D eigenvalue weighted by Gasteiger charge is -2.24. The van der Waals surface area contributed by atoms with E-state index in [-0.39, 0.29) is 17.6 Å². The fourth-order valence-electron chi connectivity index (χ4n) is 2.20. The van der Waals surface area contributed by atoms with Crippen LogP contribution >= 0.6 is 0 Å². The van der Waals surface area contributed by atoms with Crippen LogP contribution in [0.15, 0.2) is 37.1 Å². The predicted octanol–water partition coefficient (Wildman–Crippen LogP) is 1.93. The second kappa shape index (κ2) is 7.26. The van der Waals surface area contributed by atoms with Gasteiger partial charge in [0.05, 0.1) is 11.9 Å². The molecule has 6 heteroatoms. The van der Waals surface area contributed by atoms with Gasteiger partial charge in [0.1, 0.15) is 6.04 Å². The van der Waals surface area contributed by atoms with Crippen molar-refractivity contribution < 1.29 is 9.53 Å². The van der Waals surface area contributed by atoms with Crippen LogP contribution in [0.25, 0.3) is 0 Å². The van der Waals surface area contributed by atoms with Crippen molar-refractivity contribution in [1.82, 2.24) is 19.9 Å². The molecule has 0 saturated heterocycles. The number of imidazole rings is 1. The Labute approximate surface area is 130 Å². The highest BCUT2D eigenvalue weighted by Crippen LogP contribution is 2.15. The van der Waals surface area contributed by atoms with Gasteiger partial charge in [-0.2, -0.15) is 0 Å². The second-order valence-electron chi connectivity index (χ2n) is 5.93. The van der Waals surface area contributed by atoms with Gasteiger partial charge >= 0.3 is 0 Å². The van der Waals surface area contributed by atoms with Gasteiger partial charge in [-0.05, 0) is 32.4 Å². The summed E-state index contributed by atoms with van der Waals surface area (Å²) >= 11 is 0. The second-order valence-corrected chi connectivity index (χ2v) is 5.93. The van der Waals surface area contributed by atoms with E-state index in [4.69, 9.17) is 4.74 Å². The standard InChI is InChI=1S/C16H24N4O2/c1-16(2,22-3)6-7-18-15(21)14(20-8-4-5-9-20)10-13-11-17-12-19-13/h4-5,8-9,11-12,14H,6-7,10H2,1-3H3,(H,17,19)(H,18,21)/t14-/m1/s1. The van der Waals surface area contributed by atoms with Crippen molar-refractivity contribution in [2.75, 3.05) is 13.7 Å². The van der Waals surface area contributed by atoms with Gasteiger partial charge in [0.25, 0.3) is 0 Å². The Morgan fingerprint density at radius 2 is 2.18 bits per heavy atom. The first-order valence-corrected chi connectivity index (χ1v) is 7.44. The predicted molar refractivity (Wildman–Crippen MR) is 84.5 cm³/mol. The molecule has 0 aliphatic heterocycles. The molecule has 0 unspecified atom stereocenters. The minimum Gasteiger partial charge on any atom is -0.379 e. The highest BCUT2D eigenvalue weighted by molar-refractivity contribution is 5.80. The molecule has 1 atom stereocenters. The minimum absolute atomic E-state index is 0.00213. The smallest absolute Gasteiger partial charge is 0.243 e. The number of ether oxygens (including phenoxy) is 1. The molecule has 0 saturated carbocycles. The molecule has 2 aromatic rings. The molecule has 0 aromatic carbocycles. The fourth-order valence-corrected chi connectivity index (χ4v) is 2.20. The number of aromatic nitrogens is 3. The van der Waals surface area contributed by atoms with Gasteiger partial charge < -0.3 is 19.6 Å². The van der Waals surface area contributed by atoms with E-state index in [1.165, 1.54) is 0 Å². The Morgan fingerprint density at radius 3 is 2.77 bits per heavy atom. The van der Waals surface area contributed by atoms with Crippen molar-refractivity contribution in [3.05, 3.63) is 42.7 Å². The van der Waals surface area contributed by atoms with Crippen molar-refractivity contribution >= 4 is 5.91 Å². The van der Waals surface area contributed by atoms with Gasteiger partial charge in [0, 0.05) is 44.4 Å². The van der Waals surface area contributed by atoms with E-state index in [2.05, 4.69) is 15.3 Å². The number of carbonyl (C=O) groups is 1. The number of nitrogens with zero attached hydrogens (tertiary/aromatic N) is 2. The molecule has 0 spiro atoms. The third kappa shape index (κ3) is 4.46. The van der Waals surface area contributed by atoms with Gasteiger partial charge in [0.15, 0.2) is 0 Å². The average molecular weight is 304 g/mol. The molecular weight excluding hydrogens is 280 g/mol. The van der Waals surface area contributed by atoms with Crippen LogP contribution in [0.4, 0.5) is 0 Å². The molecule has 2 N–H and O–H groups in total. The summed E-state index contributed by atoms with van der Waals surface area (Å²) in [5, 5.41) is 3.00. The zero-order valence-electron chi connectivity index (χ0n) is 13.4. The molecule has 0 fully saturated rings. The Kier molecular flexibility index (Phi) is 5.38. The number of H-pyrrole nitrogens is 1. The van der Waals surface area contributed by atoms with Crippen LogP contribution in [0.2, 0.25) is 0 Å². The van der Waals surface area contributed by atoms with Gasteiger partial charge in [0.2, 0.25) is 5.91 Å². The minimum atomic E-state index is -0.291. The Hall–Kier alpha value is -2.08. The molecule has 2 heterocycles. The number of hydrogen-bond acceptors (Lipinski definition) is 3. The molecule has 0 aliphatic rings. The molecule has 0 bridgehead atoms. The topological polar surface area (TPSA) is 71.9 Å². The number of amides is 1. The molecule has 6 nitrogen and oxygen atoms in total. The van der Waals surface area contributed by atoms with E-state index < -0.39 is 0 Å². The van der Waals surface area contributed by atoms with Gasteiger partial charge in [-0.1, -0.05) is 0 Å². The maximum absolute atomic E-state index is 12.5. The number of carbonyl (C=O) groups excluding carboxylic acids is 1. The summed E-state index contributed by atoms with van der Waals surface area (Å²) in [6.45, 7) is 4.60. The molecule has 2 rings (SSSR count). The highest BCUT2D eigenvalue weighted by Gasteiger charge is 2.22. The van der Waals surface area contributed by atoms with Gasteiger partial charge in [-0.3, -0.25) is 4.79 Å². The van der Waals surface area contributed by atoms with Crippen LogP contribution in [0.3, 0.4) is 0 Å². The molecule has 2 aromatic heterocycles. The average Bonchev–Trinajstić information content (AvgIpc) is 3.17. The quantitative estimate of drug-likeness (QED) is 0.782. The number of rotatable bonds is 8. The monoisotopic (exact) mass is 304 g/mol. The summed E-state index contributed by atoms with van der Waals surface area (Å²) in [6, 6.07) is 3.55. The molecule has 0 aliphatic carbocycles. The third-order valence-electron chi connectivity index (χ3n) is 3.84. The van der Waals surface area contributed by atoms with Crippen LogP contribution in [0.1, 0.15) is 32.0 Å². The van der Waals surface area contributed by atoms with E-state index in [1.807, 2.05) is 42.9 Å². The number of nitrogens with one attached hydrogen (secondary N) is 2. The Morgan fingerprint density at radius 1 is 1.45 bits per heavy atom. The number of aromatic amines is 1. The van der Waals surface area contributed by atoms with E-state index in [1.54, 1.807) is 19.6 Å². The first-order chi connectivity index (χ1) is 10.5. The molecule has 120 valence electrons. The van der Waals surface area contributed by atoms with E-state index in [0.717, 1.165) is 12.1 Å². The van der Waals surface area contributed by atoms with Crippen molar-refractivity contribution in [3.8, 4) is 0 Å². The van der Waals surface area contributed by atoms with E-state index in [9.17, 15) is 4.79 Å². The molecule has 0 radical (unpaired) electrons. The Bertz CT molecular complexity index is 561. The summed E-state index contributed by atoms with van der Waals surface area (Å²) in [5.41, 5.74) is 0.700. The van der Waals surface area contributed by atoms with Crippen molar-refractivity contribution in [3.63, 3.8) is 0 Å². The maximum Gasteiger partial charge on any atom is 0.243 e. The summed E-state index contributed by atoms with van der Waals surface area (Å²) in [6.07, 6.45) is 8.52. The van der Waals surface area contributed by atoms with Crippen molar-refractivity contribution in [2.24, 2.45) is 0 Å². The lowest BCUT2D eigenvalue weighted by atomic mass is 10.1. The zero-order chi connectivity index (χ0) is 16.0. The van der Waals surface area contributed by atoms with Crippen molar-refractivity contribution in [1.29, 1.82) is 0 Å². The first-order valence-electron chi connectivity index (χ1n) is 7.44. The van der Waals surface area contributed by atoms with Crippen LogP contribution in [0.5, 0.6) is 0 Å². The van der Waals surface area contributed by atoms with Crippen molar-refractivity contribution in [2.45, 2.75) is 38.3 Å². The lowest BCUT2D eigenvalue weighted by molar-refractivity contribution is -0.124. The van der Waals surface area contributed by atoms with E-state index >= 15 is 0 Å². The van der Waals surface area contributed by atoms with Gasteiger partial charge in [-0.25, -0.2) is 4.98 Å². The summed E-state index contributed by atoms with van der Waals surface area (Å²) in [7, 11) is 1.68. The summed E-state index contributed by atoms with van der Waals surface area (Å²) < 4.78 is 7.28. The summed E-state index contributed by atoms with van der Waals surface area (Å²) in [5.74, 6) is -0.00213. The molecule has 22 heavy (non-hydrogen) atoms. The molecular formula is C16H24N4O2. The number of methoxy groups -OCH3 is 1. The van der Waals surface area contributed by atoms with Crippen LogP contribution in [-0.2, 0) is 16.0 Å². The van der Waals surface area contributed by atoms with Gasteiger partial charge in [-0.15, -0.1) is 0 Å². The SMILES string of the molecule is COC(C)(C)CCNC(=O)[C@@H](Cc1cnc[nH]1)n1cccc1. The normalized spacial score (nSPS) is 13.0. The molecule has 1 amide bonds. The largest absolute Gasteiger partial charge is 0.379 e. The third-order valence-corrected chi connectivity index (χ3v) is 3.84. The summed E-state index contributed by atoms with van der Waals surface area (Å²) in [4.78, 5) is 19.6. The number of hydrogen-bond donors (Lipinski definition) is 2. The van der Waals surface area contributed by atoms with E-state index in [0.29, 0.717) is 13.0 Å². The maximum atomic E-state index is 12.5. The Balaban J connectivity index is 1.98. The van der Waals surface area contributed by atoms with Crippen LogP contribution in [-0.4, -0.2) is 39.7 Å². The zero-order valence-corrected chi connectivity index (χ0v) is 13.4. The fraction of sp³-hybridized carbons (Fsp3) is 0.500. The first kappa shape index (κ1) is 16.3. The lowest BCUT2D eigenvalue weighted by Crippen LogP contribution is -2.37. The van der Waals surface area contributed by atoms with Crippen LogP contribution < -0.4 is 5.32 Å². The highest BCUT2D eigenvalue weighted by atomic mass is 16.5. The van der Waals surface area contributed by atoms with Crippen LogP contribution in [0, 0.1) is 0 Å².